The fourth-order valence-electron chi connectivity index (χ4n) is 1.99. The summed E-state index contributed by atoms with van der Waals surface area (Å²) in [6, 6.07) is 0. The maximum Gasteiger partial charge on any atom is 0.245 e. The molecule has 0 saturated carbocycles. The molecule has 1 aliphatic rings. The number of aryl methyl sites for hydroxylation is 2. The SMILES string of the molecule is CC(C)(C)C(=O)NCC(=O)Nc1nc2c(s1)CCCC2. The molecule has 20 heavy (non-hydrogen) atoms. The molecule has 0 bridgehead atoms. The molecule has 0 fully saturated rings. The Kier molecular flexibility index (Phi) is 4.42. The smallest absolute Gasteiger partial charge is 0.245 e. The van der Waals surface area contributed by atoms with E-state index in [9.17, 15) is 9.59 Å². The minimum Gasteiger partial charge on any atom is -0.347 e. The molecule has 2 rings (SSSR count). The molecular formula is C14H21N3O2S. The van der Waals surface area contributed by atoms with Crippen LogP contribution in [-0.2, 0) is 22.4 Å². The molecule has 0 aliphatic heterocycles. The first-order valence-corrected chi connectivity index (χ1v) is 7.74. The molecule has 110 valence electrons. The van der Waals surface area contributed by atoms with Crippen molar-refractivity contribution in [1.29, 1.82) is 0 Å². The summed E-state index contributed by atoms with van der Waals surface area (Å²) in [6.07, 6.45) is 4.43. The third kappa shape index (κ3) is 3.79. The number of carbonyl (C=O) groups is 2. The van der Waals surface area contributed by atoms with Crippen LogP contribution in [0.3, 0.4) is 0 Å². The zero-order valence-corrected chi connectivity index (χ0v) is 13.0. The highest BCUT2D eigenvalue weighted by atomic mass is 32.1. The summed E-state index contributed by atoms with van der Waals surface area (Å²) in [5.41, 5.74) is 0.635. The van der Waals surface area contributed by atoms with E-state index in [2.05, 4.69) is 15.6 Å². The second-order valence-corrected chi connectivity index (χ2v) is 7.16. The topological polar surface area (TPSA) is 71.1 Å². The number of rotatable bonds is 3. The van der Waals surface area contributed by atoms with Gasteiger partial charge in [0.2, 0.25) is 11.8 Å². The first-order valence-electron chi connectivity index (χ1n) is 6.93. The van der Waals surface area contributed by atoms with Gasteiger partial charge in [-0.25, -0.2) is 4.98 Å². The van der Waals surface area contributed by atoms with Crippen molar-refractivity contribution >= 4 is 28.3 Å². The van der Waals surface area contributed by atoms with Crippen molar-refractivity contribution in [3.63, 3.8) is 0 Å². The van der Waals surface area contributed by atoms with E-state index in [0.717, 1.165) is 18.5 Å². The van der Waals surface area contributed by atoms with E-state index in [1.165, 1.54) is 17.7 Å². The lowest BCUT2D eigenvalue weighted by molar-refractivity contribution is -0.130. The largest absolute Gasteiger partial charge is 0.347 e. The van der Waals surface area contributed by atoms with Crippen LogP contribution in [0.1, 0.15) is 44.2 Å². The molecule has 2 N–H and O–H groups in total. The van der Waals surface area contributed by atoms with E-state index in [1.807, 2.05) is 20.8 Å². The average molecular weight is 295 g/mol. The Bertz CT molecular complexity index is 493. The monoisotopic (exact) mass is 295 g/mol. The van der Waals surface area contributed by atoms with Crippen LogP contribution in [0.4, 0.5) is 5.13 Å². The van der Waals surface area contributed by atoms with Crippen LogP contribution in [0.25, 0.3) is 0 Å². The number of hydrogen-bond donors (Lipinski definition) is 2. The lowest BCUT2D eigenvalue weighted by Gasteiger charge is -2.17. The second-order valence-electron chi connectivity index (χ2n) is 6.08. The Labute approximate surface area is 123 Å². The van der Waals surface area contributed by atoms with Crippen molar-refractivity contribution in [3.05, 3.63) is 10.6 Å². The molecule has 0 spiro atoms. The molecule has 0 radical (unpaired) electrons. The summed E-state index contributed by atoms with van der Waals surface area (Å²) < 4.78 is 0. The van der Waals surface area contributed by atoms with Crippen LogP contribution in [0.15, 0.2) is 0 Å². The van der Waals surface area contributed by atoms with Gasteiger partial charge in [-0.05, 0) is 25.7 Å². The van der Waals surface area contributed by atoms with Gasteiger partial charge in [-0.1, -0.05) is 20.8 Å². The highest BCUT2D eigenvalue weighted by molar-refractivity contribution is 7.15. The standard InChI is InChI=1S/C14H21N3O2S/c1-14(2,3)12(19)15-8-11(18)17-13-16-9-6-4-5-7-10(9)20-13/h4-8H2,1-3H3,(H,15,19)(H,16,17,18). The number of aromatic nitrogens is 1. The van der Waals surface area contributed by atoms with E-state index >= 15 is 0 Å². The van der Waals surface area contributed by atoms with Crippen molar-refractivity contribution in [1.82, 2.24) is 10.3 Å². The summed E-state index contributed by atoms with van der Waals surface area (Å²) >= 11 is 1.55. The highest BCUT2D eigenvalue weighted by Gasteiger charge is 2.22. The fraction of sp³-hybridized carbons (Fsp3) is 0.643. The highest BCUT2D eigenvalue weighted by Crippen LogP contribution is 2.29. The Morgan fingerprint density at radius 3 is 2.60 bits per heavy atom. The first-order chi connectivity index (χ1) is 9.36. The normalized spacial score (nSPS) is 14.6. The lowest BCUT2D eigenvalue weighted by atomic mass is 9.96. The van der Waals surface area contributed by atoms with Crippen molar-refractivity contribution < 1.29 is 9.59 Å². The Hall–Kier alpha value is -1.43. The predicted octanol–water partition coefficient (Wildman–Crippen LogP) is 2.12. The van der Waals surface area contributed by atoms with Gasteiger partial charge in [0.15, 0.2) is 5.13 Å². The van der Waals surface area contributed by atoms with Gasteiger partial charge < -0.3 is 10.6 Å². The van der Waals surface area contributed by atoms with Gasteiger partial charge in [-0.3, -0.25) is 9.59 Å². The summed E-state index contributed by atoms with van der Waals surface area (Å²) in [5.74, 6) is -0.361. The summed E-state index contributed by atoms with van der Waals surface area (Å²) in [6.45, 7) is 5.43. The molecule has 1 heterocycles. The molecule has 0 saturated heterocycles. The predicted molar refractivity (Wildman–Crippen MR) is 79.9 cm³/mol. The van der Waals surface area contributed by atoms with E-state index in [-0.39, 0.29) is 18.4 Å². The number of anilines is 1. The minimum atomic E-state index is -0.486. The van der Waals surface area contributed by atoms with Gasteiger partial charge in [0.1, 0.15) is 0 Å². The van der Waals surface area contributed by atoms with Crippen LogP contribution < -0.4 is 10.6 Å². The molecule has 0 aromatic carbocycles. The van der Waals surface area contributed by atoms with Crippen LogP contribution in [-0.4, -0.2) is 23.3 Å². The first kappa shape index (κ1) is 15.0. The molecule has 2 amide bonds. The molecular weight excluding hydrogens is 274 g/mol. The zero-order chi connectivity index (χ0) is 14.8. The number of nitrogens with zero attached hydrogens (tertiary/aromatic N) is 1. The Morgan fingerprint density at radius 1 is 1.25 bits per heavy atom. The van der Waals surface area contributed by atoms with Crippen molar-refractivity contribution in [3.8, 4) is 0 Å². The summed E-state index contributed by atoms with van der Waals surface area (Å²) in [5, 5.41) is 6.04. The molecule has 1 aromatic heterocycles. The van der Waals surface area contributed by atoms with Crippen LogP contribution in [0.2, 0.25) is 0 Å². The molecule has 6 heteroatoms. The van der Waals surface area contributed by atoms with Gasteiger partial charge in [0.25, 0.3) is 0 Å². The fourth-order valence-corrected chi connectivity index (χ4v) is 3.06. The summed E-state index contributed by atoms with van der Waals surface area (Å²) in [4.78, 5) is 29.2. The van der Waals surface area contributed by atoms with E-state index < -0.39 is 5.41 Å². The van der Waals surface area contributed by atoms with E-state index in [0.29, 0.717) is 5.13 Å². The lowest BCUT2D eigenvalue weighted by Crippen LogP contribution is -2.39. The zero-order valence-electron chi connectivity index (χ0n) is 12.2. The summed E-state index contributed by atoms with van der Waals surface area (Å²) in [7, 11) is 0. The number of nitrogens with one attached hydrogen (secondary N) is 2. The number of fused-ring (bicyclic) bond motifs is 1. The van der Waals surface area contributed by atoms with Gasteiger partial charge in [-0.2, -0.15) is 0 Å². The third-order valence-corrected chi connectivity index (χ3v) is 4.26. The molecule has 0 unspecified atom stereocenters. The van der Waals surface area contributed by atoms with Gasteiger partial charge in [0.05, 0.1) is 12.2 Å². The number of thiazole rings is 1. The number of hydrogen-bond acceptors (Lipinski definition) is 4. The third-order valence-electron chi connectivity index (χ3n) is 3.18. The van der Waals surface area contributed by atoms with Gasteiger partial charge in [-0.15, -0.1) is 11.3 Å². The van der Waals surface area contributed by atoms with E-state index in [1.54, 1.807) is 11.3 Å². The van der Waals surface area contributed by atoms with Crippen molar-refractivity contribution in [2.24, 2.45) is 5.41 Å². The molecule has 1 aromatic rings. The van der Waals surface area contributed by atoms with Gasteiger partial charge >= 0.3 is 0 Å². The average Bonchev–Trinajstić information content (AvgIpc) is 2.76. The van der Waals surface area contributed by atoms with Crippen LogP contribution >= 0.6 is 11.3 Å². The second kappa shape index (κ2) is 5.91. The maximum absolute atomic E-state index is 11.8. The number of carbonyl (C=O) groups excluding carboxylic acids is 2. The minimum absolute atomic E-state index is 0.0135. The van der Waals surface area contributed by atoms with Crippen molar-refractivity contribution in [2.75, 3.05) is 11.9 Å². The molecule has 1 aliphatic carbocycles. The number of amides is 2. The molecule has 5 nitrogen and oxygen atoms in total. The van der Waals surface area contributed by atoms with Crippen LogP contribution in [0.5, 0.6) is 0 Å². The molecule has 0 atom stereocenters. The van der Waals surface area contributed by atoms with Crippen molar-refractivity contribution in [2.45, 2.75) is 46.5 Å². The van der Waals surface area contributed by atoms with Crippen LogP contribution in [0, 0.1) is 5.41 Å². The maximum atomic E-state index is 11.8. The van der Waals surface area contributed by atoms with E-state index in [4.69, 9.17) is 0 Å². The Morgan fingerprint density at radius 2 is 1.95 bits per heavy atom. The Balaban J connectivity index is 1.86. The quantitative estimate of drug-likeness (QED) is 0.897. The van der Waals surface area contributed by atoms with Gasteiger partial charge in [0, 0.05) is 10.3 Å².